The van der Waals surface area contributed by atoms with E-state index in [0.29, 0.717) is 22.5 Å². The largest absolute Gasteiger partial charge is 0.453 e. The molecule has 0 spiro atoms. The standard InChI is InChI=1S/C22H23N3O3S/c1-14-11-18(15(2)24(14)17-9-10-17)20(26)13-28-21(27)19-12-23-22(29-3)25(19)16-7-5-4-6-8-16/h4-8,11-12,17H,9-10,13H2,1-3H3. The van der Waals surface area contributed by atoms with Gasteiger partial charge < -0.3 is 9.30 Å². The SMILES string of the molecule is CSc1ncc(C(=O)OCC(=O)c2cc(C)n(C3CC3)c2C)n1-c1ccccc1. The monoisotopic (exact) mass is 409 g/mol. The summed E-state index contributed by atoms with van der Waals surface area (Å²) in [6.45, 7) is 3.68. The summed E-state index contributed by atoms with van der Waals surface area (Å²) in [5.74, 6) is -0.750. The van der Waals surface area contributed by atoms with Gasteiger partial charge in [0, 0.05) is 28.7 Å². The number of benzene rings is 1. The van der Waals surface area contributed by atoms with Crippen molar-refractivity contribution < 1.29 is 14.3 Å². The number of hydrogen-bond donors (Lipinski definition) is 0. The molecule has 4 rings (SSSR count). The fraction of sp³-hybridized carbons (Fsp3) is 0.318. The van der Waals surface area contributed by atoms with Gasteiger partial charge in [0.25, 0.3) is 0 Å². The Labute approximate surface area is 173 Å². The van der Waals surface area contributed by atoms with Crippen LogP contribution in [0.15, 0.2) is 47.8 Å². The number of ketones is 1. The van der Waals surface area contributed by atoms with Gasteiger partial charge in [0.2, 0.25) is 5.78 Å². The fourth-order valence-electron chi connectivity index (χ4n) is 3.69. The third kappa shape index (κ3) is 3.74. The first-order valence-electron chi connectivity index (χ1n) is 9.57. The molecule has 1 fully saturated rings. The first kappa shape index (κ1) is 19.5. The van der Waals surface area contributed by atoms with E-state index >= 15 is 0 Å². The molecule has 0 bridgehead atoms. The van der Waals surface area contributed by atoms with Gasteiger partial charge in [-0.05, 0) is 51.1 Å². The predicted octanol–water partition coefficient (Wildman–Crippen LogP) is 4.39. The van der Waals surface area contributed by atoms with Crippen LogP contribution in [0, 0.1) is 13.8 Å². The predicted molar refractivity (Wildman–Crippen MR) is 112 cm³/mol. The van der Waals surface area contributed by atoms with Crippen molar-refractivity contribution in [2.75, 3.05) is 12.9 Å². The minimum Gasteiger partial charge on any atom is -0.453 e. The van der Waals surface area contributed by atoms with Crippen LogP contribution in [0.3, 0.4) is 0 Å². The molecular formula is C22H23N3O3S. The maximum Gasteiger partial charge on any atom is 0.357 e. The van der Waals surface area contributed by atoms with E-state index in [1.165, 1.54) is 18.0 Å². The average Bonchev–Trinajstić information content (AvgIpc) is 3.38. The number of esters is 1. The van der Waals surface area contributed by atoms with Gasteiger partial charge in [-0.25, -0.2) is 9.78 Å². The van der Waals surface area contributed by atoms with Crippen LogP contribution < -0.4 is 0 Å². The zero-order valence-electron chi connectivity index (χ0n) is 16.7. The summed E-state index contributed by atoms with van der Waals surface area (Å²) in [5, 5.41) is 0.683. The Morgan fingerprint density at radius 3 is 2.59 bits per heavy atom. The molecule has 1 aromatic carbocycles. The summed E-state index contributed by atoms with van der Waals surface area (Å²) in [6.07, 6.45) is 5.70. The van der Waals surface area contributed by atoms with Gasteiger partial charge in [-0.3, -0.25) is 9.36 Å². The van der Waals surface area contributed by atoms with Gasteiger partial charge in [0.05, 0.1) is 6.20 Å². The van der Waals surface area contributed by atoms with E-state index in [2.05, 4.69) is 9.55 Å². The van der Waals surface area contributed by atoms with Crippen LogP contribution in [0.25, 0.3) is 5.69 Å². The van der Waals surface area contributed by atoms with Crippen LogP contribution in [0.5, 0.6) is 0 Å². The number of Topliss-reactive ketones (excluding diaryl/α,β-unsaturated/α-hetero) is 1. The maximum atomic E-state index is 12.7. The van der Waals surface area contributed by atoms with Gasteiger partial charge in [0.15, 0.2) is 17.5 Å². The van der Waals surface area contributed by atoms with E-state index in [4.69, 9.17) is 4.74 Å². The molecular weight excluding hydrogens is 386 g/mol. The van der Waals surface area contributed by atoms with E-state index in [0.717, 1.165) is 29.9 Å². The number of carbonyl (C=O) groups is 2. The first-order chi connectivity index (χ1) is 14.0. The highest BCUT2D eigenvalue weighted by Gasteiger charge is 2.28. The van der Waals surface area contributed by atoms with Gasteiger partial charge in [-0.2, -0.15) is 0 Å². The van der Waals surface area contributed by atoms with Gasteiger partial charge in [-0.15, -0.1) is 0 Å². The van der Waals surface area contributed by atoms with E-state index in [9.17, 15) is 9.59 Å². The lowest BCUT2D eigenvalue weighted by Crippen LogP contribution is -2.17. The normalized spacial score (nSPS) is 13.5. The number of hydrogen-bond acceptors (Lipinski definition) is 5. The molecule has 0 aliphatic heterocycles. The maximum absolute atomic E-state index is 12.7. The number of rotatable bonds is 7. The molecule has 2 heterocycles. The van der Waals surface area contributed by atoms with Crippen molar-refractivity contribution in [2.45, 2.75) is 37.9 Å². The van der Waals surface area contributed by atoms with Crippen molar-refractivity contribution in [3.05, 3.63) is 65.2 Å². The molecule has 6 nitrogen and oxygen atoms in total. The molecule has 1 aliphatic carbocycles. The molecule has 1 saturated carbocycles. The van der Waals surface area contributed by atoms with Crippen molar-refractivity contribution in [3.63, 3.8) is 0 Å². The summed E-state index contributed by atoms with van der Waals surface area (Å²) in [5.41, 5.74) is 3.78. The number of ether oxygens (including phenoxy) is 1. The molecule has 0 radical (unpaired) electrons. The lowest BCUT2D eigenvalue weighted by atomic mass is 10.1. The van der Waals surface area contributed by atoms with Crippen molar-refractivity contribution in [2.24, 2.45) is 0 Å². The van der Waals surface area contributed by atoms with E-state index in [-0.39, 0.29) is 12.4 Å². The van der Waals surface area contributed by atoms with Gasteiger partial charge >= 0.3 is 5.97 Å². The van der Waals surface area contributed by atoms with E-state index < -0.39 is 5.97 Å². The van der Waals surface area contributed by atoms with Crippen LogP contribution >= 0.6 is 11.8 Å². The second-order valence-electron chi connectivity index (χ2n) is 7.19. The first-order valence-corrected chi connectivity index (χ1v) is 10.8. The van der Waals surface area contributed by atoms with Gasteiger partial charge in [-0.1, -0.05) is 30.0 Å². The molecule has 0 N–H and O–H groups in total. The highest BCUT2D eigenvalue weighted by molar-refractivity contribution is 7.98. The van der Waals surface area contributed by atoms with Crippen molar-refractivity contribution in [1.29, 1.82) is 0 Å². The second-order valence-corrected chi connectivity index (χ2v) is 7.96. The Morgan fingerprint density at radius 1 is 1.21 bits per heavy atom. The molecule has 3 aromatic rings. The van der Waals surface area contributed by atoms with Crippen LogP contribution in [-0.2, 0) is 4.74 Å². The Hall–Kier alpha value is -2.80. The number of carbonyl (C=O) groups excluding carboxylic acids is 2. The van der Waals surface area contributed by atoms with Crippen LogP contribution in [0.1, 0.15) is 51.1 Å². The second kappa shape index (κ2) is 7.91. The van der Waals surface area contributed by atoms with Crippen LogP contribution in [0.4, 0.5) is 0 Å². The number of aromatic nitrogens is 3. The molecule has 1 aliphatic rings. The molecule has 2 aromatic heterocycles. The topological polar surface area (TPSA) is 66.1 Å². The summed E-state index contributed by atoms with van der Waals surface area (Å²) < 4.78 is 9.34. The highest BCUT2D eigenvalue weighted by Crippen LogP contribution is 2.38. The zero-order valence-corrected chi connectivity index (χ0v) is 17.5. The molecule has 0 saturated heterocycles. The third-order valence-electron chi connectivity index (χ3n) is 5.17. The third-order valence-corrected chi connectivity index (χ3v) is 5.82. The van der Waals surface area contributed by atoms with Crippen LogP contribution in [0.2, 0.25) is 0 Å². The minimum atomic E-state index is -0.564. The lowest BCUT2D eigenvalue weighted by molar-refractivity contribution is 0.0466. The zero-order chi connectivity index (χ0) is 20.5. The summed E-state index contributed by atoms with van der Waals surface area (Å²) in [4.78, 5) is 29.7. The molecule has 0 atom stereocenters. The Kier molecular flexibility index (Phi) is 5.32. The quantitative estimate of drug-likeness (QED) is 0.329. The number of para-hydroxylation sites is 1. The molecule has 150 valence electrons. The number of thioether (sulfide) groups is 1. The fourth-order valence-corrected chi connectivity index (χ4v) is 4.23. The molecule has 29 heavy (non-hydrogen) atoms. The number of imidazole rings is 1. The smallest absolute Gasteiger partial charge is 0.357 e. The van der Waals surface area contributed by atoms with Gasteiger partial charge in [0.1, 0.15) is 0 Å². The average molecular weight is 410 g/mol. The van der Waals surface area contributed by atoms with Crippen molar-refractivity contribution in [1.82, 2.24) is 14.1 Å². The molecule has 7 heteroatoms. The van der Waals surface area contributed by atoms with E-state index in [1.807, 2.05) is 56.5 Å². The lowest BCUT2D eigenvalue weighted by Gasteiger charge is -2.11. The Morgan fingerprint density at radius 2 is 1.93 bits per heavy atom. The summed E-state index contributed by atoms with van der Waals surface area (Å²) in [7, 11) is 0. The van der Waals surface area contributed by atoms with Crippen LogP contribution in [-0.4, -0.2) is 38.7 Å². The van der Waals surface area contributed by atoms with Crippen molar-refractivity contribution >= 4 is 23.5 Å². The Bertz CT molecular complexity index is 1060. The molecule has 0 amide bonds. The molecule has 0 unspecified atom stereocenters. The minimum absolute atomic E-state index is 0.186. The van der Waals surface area contributed by atoms with E-state index in [1.54, 1.807) is 4.57 Å². The number of nitrogens with zero attached hydrogens (tertiary/aromatic N) is 3. The summed E-state index contributed by atoms with van der Waals surface area (Å²) >= 11 is 1.44. The van der Waals surface area contributed by atoms with Crippen molar-refractivity contribution in [3.8, 4) is 5.69 Å². The Balaban J connectivity index is 1.52. The summed E-state index contributed by atoms with van der Waals surface area (Å²) in [6, 6.07) is 11.9. The number of aryl methyl sites for hydroxylation is 1. The highest BCUT2D eigenvalue weighted by atomic mass is 32.2.